The monoisotopic (exact) mass is 368 g/mol. The summed E-state index contributed by atoms with van der Waals surface area (Å²) in [6.07, 6.45) is 3.16. The molecule has 0 aliphatic heterocycles. The zero-order valence-corrected chi connectivity index (χ0v) is 15.5. The van der Waals surface area contributed by atoms with E-state index in [1.807, 2.05) is 32.2 Å². The summed E-state index contributed by atoms with van der Waals surface area (Å²) in [5, 5.41) is 9.14. The van der Waals surface area contributed by atoms with E-state index < -0.39 is 11.8 Å². The number of aromatic carboxylic acids is 1. The fourth-order valence-electron chi connectivity index (χ4n) is 3.29. The van der Waals surface area contributed by atoms with Crippen LogP contribution in [0.2, 0.25) is 0 Å². The summed E-state index contributed by atoms with van der Waals surface area (Å²) in [5.41, 5.74) is 3.23. The molecule has 0 amide bonds. The predicted octanol–water partition coefficient (Wildman–Crippen LogP) is 4.37. The zero-order chi connectivity index (χ0) is 19.7. The second-order valence-corrected chi connectivity index (χ2v) is 6.76. The molecule has 0 unspecified atom stereocenters. The largest absolute Gasteiger partial charge is 0.478 e. The number of nitrogens with zero attached hydrogens (tertiary/aromatic N) is 2. The third-order valence-electron chi connectivity index (χ3n) is 4.55. The first-order valence-electron chi connectivity index (χ1n) is 8.85. The van der Waals surface area contributed by atoms with Gasteiger partial charge in [0.2, 0.25) is 0 Å². The minimum absolute atomic E-state index is 0.0568. The van der Waals surface area contributed by atoms with Crippen molar-refractivity contribution in [2.45, 2.75) is 40.0 Å². The van der Waals surface area contributed by atoms with E-state index in [1.165, 1.54) is 6.07 Å². The molecule has 3 rings (SSSR count). The molecule has 0 atom stereocenters. The smallest absolute Gasteiger partial charge is 0.335 e. The molecule has 0 aliphatic carbocycles. The number of pyridine rings is 1. The second kappa shape index (κ2) is 7.31. The van der Waals surface area contributed by atoms with Gasteiger partial charge in [0.25, 0.3) is 0 Å². The number of aryl methyl sites for hydroxylation is 2. The number of benzene rings is 1. The predicted molar refractivity (Wildman–Crippen MR) is 101 cm³/mol. The maximum atomic E-state index is 14.8. The number of carboxylic acid groups (broad SMARTS) is 1. The van der Waals surface area contributed by atoms with Crippen LogP contribution in [-0.2, 0) is 11.2 Å². The van der Waals surface area contributed by atoms with Gasteiger partial charge in [0, 0.05) is 24.6 Å². The lowest BCUT2D eigenvalue weighted by atomic mass is 9.98. The van der Waals surface area contributed by atoms with Gasteiger partial charge >= 0.3 is 5.97 Å². The fraction of sp³-hybridized carbons (Fsp3) is 0.286. The molecule has 0 spiro atoms. The Hall–Kier alpha value is -3.02. The number of hydrogen-bond donors (Lipinski definition) is 1. The van der Waals surface area contributed by atoms with Gasteiger partial charge in [-0.15, -0.1) is 0 Å². The summed E-state index contributed by atoms with van der Waals surface area (Å²) in [5.74, 6) is -1.79. The van der Waals surface area contributed by atoms with E-state index in [1.54, 1.807) is 11.3 Å². The Labute approximate surface area is 156 Å². The Morgan fingerprint density at radius 2 is 1.96 bits per heavy atom. The molecule has 0 radical (unpaired) electrons. The lowest BCUT2D eigenvalue weighted by molar-refractivity contribution is -0.118. The third-order valence-corrected chi connectivity index (χ3v) is 4.55. The highest BCUT2D eigenvalue weighted by atomic mass is 19.1. The van der Waals surface area contributed by atoms with Crippen molar-refractivity contribution in [2.75, 3.05) is 0 Å². The molecule has 2 aromatic heterocycles. The minimum atomic E-state index is -1.19. The number of rotatable bonds is 6. The van der Waals surface area contributed by atoms with Crippen LogP contribution in [0, 0.1) is 19.7 Å². The van der Waals surface area contributed by atoms with E-state index >= 15 is 0 Å². The normalized spacial score (nSPS) is 11.1. The molecule has 2 heterocycles. The Bertz CT molecular complexity index is 1030. The van der Waals surface area contributed by atoms with E-state index in [0.29, 0.717) is 29.0 Å². The quantitative estimate of drug-likeness (QED) is 0.701. The molecular formula is C21H21FN2O3. The molecule has 0 aliphatic rings. The topological polar surface area (TPSA) is 71.7 Å². The molecule has 27 heavy (non-hydrogen) atoms. The average Bonchev–Trinajstić information content (AvgIpc) is 2.91. The van der Waals surface area contributed by atoms with Crippen molar-refractivity contribution < 1.29 is 19.1 Å². The first kappa shape index (κ1) is 18.8. The lowest BCUT2D eigenvalue weighted by Gasteiger charge is -2.10. The molecular weight excluding hydrogens is 347 g/mol. The molecule has 1 N–H and O–H groups in total. The maximum absolute atomic E-state index is 14.8. The summed E-state index contributed by atoms with van der Waals surface area (Å²) < 4.78 is 16.6. The summed E-state index contributed by atoms with van der Waals surface area (Å²) in [6.45, 7) is 5.52. The highest BCUT2D eigenvalue weighted by molar-refractivity contribution is 5.89. The van der Waals surface area contributed by atoms with Gasteiger partial charge in [0.1, 0.15) is 17.2 Å². The molecule has 0 fully saturated rings. The van der Waals surface area contributed by atoms with Crippen LogP contribution in [0.5, 0.6) is 0 Å². The van der Waals surface area contributed by atoms with Gasteiger partial charge in [-0.2, -0.15) is 0 Å². The average molecular weight is 368 g/mol. The Balaban J connectivity index is 2.24. The second-order valence-electron chi connectivity index (χ2n) is 6.76. The van der Waals surface area contributed by atoms with Crippen LogP contribution in [0.4, 0.5) is 4.39 Å². The van der Waals surface area contributed by atoms with E-state index in [9.17, 15) is 14.0 Å². The van der Waals surface area contributed by atoms with Gasteiger partial charge in [0.05, 0.1) is 17.0 Å². The summed E-state index contributed by atoms with van der Waals surface area (Å²) in [4.78, 5) is 28.1. The Morgan fingerprint density at radius 1 is 1.22 bits per heavy atom. The minimum Gasteiger partial charge on any atom is -0.478 e. The molecule has 0 saturated heterocycles. The van der Waals surface area contributed by atoms with Crippen molar-refractivity contribution in [3.05, 3.63) is 58.7 Å². The van der Waals surface area contributed by atoms with Crippen LogP contribution in [0.15, 0.2) is 30.5 Å². The molecule has 0 bridgehead atoms. The summed E-state index contributed by atoms with van der Waals surface area (Å²) in [7, 11) is 0. The maximum Gasteiger partial charge on any atom is 0.335 e. The number of hydrogen-bond acceptors (Lipinski definition) is 3. The van der Waals surface area contributed by atoms with Gasteiger partial charge in [-0.3, -0.25) is 4.79 Å². The summed E-state index contributed by atoms with van der Waals surface area (Å²) >= 11 is 0. The van der Waals surface area contributed by atoms with Crippen molar-refractivity contribution in [3.63, 3.8) is 0 Å². The third kappa shape index (κ3) is 3.60. The molecule has 140 valence electrons. The van der Waals surface area contributed by atoms with Crippen LogP contribution in [-0.4, -0.2) is 26.2 Å². The number of Topliss-reactive ketones (excluding diaryl/α,β-unsaturated/α-hetero) is 1. The number of carbonyl (C=O) groups excluding carboxylic acids is 1. The molecule has 0 saturated carbocycles. The van der Waals surface area contributed by atoms with Gasteiger partial charge < -0.3 is 9.51 Å². The molecule has 5 nitrogen and oxygen atoms in total. The molecule has 3 aromatic rings. The van der Waals surface area contributed by atoms with Crippen LogP contribution in [0.3, 0.4) is 0 Å². The highest BCUT2D eigenvalue weighted by Crippen LogP contribution is 2.31. The number of fused-ring (bicyclic) bond motifs is 1. The first-order valence-corrected chi connectivity index (χ1v) is 8.85. The van der Waals surface area contributed by atoms with Crippen LogP contribution in [0.25, 0.3) is 16.9 Å². The SMILES string of the molecule is CCCC(=O)Cc1c(-c2c(C)cc(C(=O)O)cc2F)nc2cc(C)ccn12. The van der Waals surface area contributed by atoms with Crippen LogP contribution in [0.1, 0.15) is 46.9 Å². The van der Waals surface area contributed by atoms with Gasteiger partial charge in [-0.05, 0) is 55.7 Å². The van der Waals surface area contributed by atoms with Crippen molar-refractivity contribution >= 4 is 17.4 Å². The highest BCUT2D eigenvalue weighted by Gasteiger charge is 2.22. The first-order chi connectivity index (χ1) is 12.8. The Kier molecular flexibility index (Phi) is 5.08. The van der Waals surface area contributed by atoms with Crippen LogP contribution < -0.4 is 0 Å². The number of carboxylic acids is 1. The number of imidazole rings is 1. The van der Waals surface area contributed by atoms with E-state index in [-0.39, 0.29) is 23.3 Å². The standard InChI is InChI=1S/C21H21FN2O3/c1-4-5-15(25)11-17-20(23-18-8-12(2)6-7-24(17)18)19-13(3)9-14(21(26)27)10-16(19)22/h6-10H,4-5,11H2,1-3H3,(H,26,27). The fourth-order valence-corrected chi connectivity index (χ4v) is 3.29. The Morgan fingerprint density at radius 3 is 2.59 bits per heavy atom. The van der Waals surface area contributed by atoms with Crippen molar-refractivity contribution in [2.24, 2.45) is 0 Å². The number of aromatic nitrogens is 2. The molecule has 6 heteroatoms. The van der Waals surface area contributed by atoms with E-state index in [4.69, 9.17) is 5.11 Å². The van der Waals surface area contributed by atoms with Crippen molar-refractivity contribution in [1.29, 1.82) is 0 Å². The molecule has 1 aromatic carbocycles. The summed E-state index contributed by atoms with van der Waals surface area (Å²) in [6, 6.07) is 6.20. The van der Waals surface area contributed by atoms with Gasteiger partial charge in [-0.25, -0.2) is 14.2 Å². The number of ketones is 1. The lowest BCUT2D eigenvalue weighted by Crippen LogP contribution is -2.07. The van der Waals surface area contributed by atoms with Gasteiger partial charge in [0.15, 0.2) is 0 Å². The number of carbonyl (C=O) groups is 2. The zero-order valence-electron chi connectivity index (χ0n) is 15.5. The number of halogens is 1. The van der Waals surface area contributed by atoms with Crippen molar-refractivity contribution in [3.8, 4) is 11.3 Å². The van der Waals surface area contributed by atoms with Crippen LogP contribution >= 0.6 is 0 Å². The van der Waals surface area contributed by atoms with E-state index in [0.717, 1.165) is 18.1 Å². The van der Waals surface area contributed by atoms with Crippen molar-refractivity contribution in [1.82, 2.24) is 9.38 Å². The van der Waals surface area contributed by atoms with Gasteiger partial charge in [-0.1, -0.05) is 6.92 Å². The van der Waals surface area contributed by atoms with E-state index in [2.05, 4.69) is 4.98 Å².